The Morgan fingerprint density at radius 2 is 2.00 bits per heavy atom. The molecule has 30 heavy (non-hydrogen) atoms. The summed E-state index contributed by atoms with van der Waals surface area (Å²) in [4.78, 5) is 49.1. The average molecular weight is 429 g/mol. The molecule has 9 heteroatoms. The van der Waals surface area contributed by atoms with Crippen LogP contribution in [0.25, 0.3) is 17.4 Å². The smallest absolute Gasteiger partial charge is 0.335 e. The monoisotopic (exact) mass is 429 g/mol. The summed E-state index contributed by atoms with van der Waals surface area (Å²) in [6, 6.07) is 7.11. The van der Waals surface area contributed by atoms with Crippen LogP contribution in [0.5, 0.6) is 0 Å². The third-order valence-electron chi connectivity index (χ3n) is 4.57. The van der Waals surface area contributed by atoms with E-state index in [0.717, 1.165) is 4.90 Å². The Kier molecular flexibility index (Phi) is 6.12. The van der Waals surface area contributed by atoms with Crippen LogP contribution in [0.3, 0.4) is 0 Å². The molecule has 1 atom stereocenters. The van der Waals surface area contributed by atoms with E-state index in [1.54, 1.807) is 38.1 Å². The normalized spacial score (nSPS) is 16.2. The molecule has 1 aliphatic heterocycles. The Morgan fingerprint density at radius 1 is 1.27 bits per heavy atom. The zero-order chi connectivity index (χ0) is 22.0. The number of esters is 1. The van der Waals surface area contributed by atoms with E-state index in [9.17, 15) is 24.3 Å². The summed E-state index contributed by atoms with van der Waals surface area (Å²) >= 11 is 0.708. The molecule has 1 unspecified atom stereocenters. The first-order chi connectivity index (χ1) is 14.2. The van der Waals surface area contributed by atoms with Crippen LogP contribution in [0.15, 0.2) is 39.7 Å². The molecule has 1 aromatic carbocycles. The van der Waals surface area contributed by atoms with E-state index in [4.69, 9.17) is 9.15 Å². The second-order valence-corrected chi connectivity index (χ2v) is 7.46. The summed E-state index contributed by atoms with van der Waals surface area (Å²) in [6.45, 7) is 4.90. The maximum absolute atomic E-state index is 12.6. The molecule has 0 saturated carbocycles. The molecule has 1 saturated heterocycles. The molecule has 0 spiro atoms. The van der Waals surface area contributed by atoms with E-state index in [-0.39, 0.29) is 17.1 Å². The van der Waals surface area contributed by atoms with Crippen molar-refractivity contribution in [3.05, 3.63) is 52.1 Å². The van der Waals surface area contributed by atoms with E-state index >= 15 is 0 Å². The third-order valence-corrected chi connectivity index (χ3v) is 5.45. The van der Waals surface area contributed by atoms with E-state index < -0.39 is 29.1 Å². The van der Waals surface area contributed by atoms with Crippen LogP contribution in [0.4, 0.5) is 4.79 Å². The van der Waals surface area contributed by atoms with Gasteiger partial charge in [-0.25, -0.2) is 9.59 Å². The molecule has 8 nitrogen and oxygen atoms in total. The number of rotatable bonds is 6. The van der Waals surface area contributed by atoms with Crippen LogP contribution >= 0.6 is 11.8 Å². The number of nitrogens with zero attached hydrogens (tertiary/aromatic N) is 1. The fourth-order valence-electron chi connectivity index (χ4n) is 3.02. The summed E-state index contributed by atoms with van der Waals surface area (Å²) in [7, 11) is 0. The molecule has 1 aliphatic rings. The van der Waals surface area contributed by atoms with Gasteiger partial charge in [0.1, 0.15) is 17.6 Å². The van der Waals surface area contributed by atoms with Crippen LogP contribution in [-0.2, 0) is 14.3 Å². The highest BCUT2D eigenvalue weighted by molar-refractivity contribution is 8.18. The van der Waals surface area contributed by atoms with Crippen molar-refractivity contribution in [3.63, 3.8) is 0 Å². The van der Waals surface area contributed by atoms with Gasteiger partial charge in [0, 0.05) is 11.6 Å². The van der Waals surface area contributed by atoms with Gasteiger partial charge in [-0.05, 0) is 56.3 Å². The maximum Gasteiger partial charge on any atom is 0.335 e. The van der Waals surface area contributed by atoms with Crippen molar-refractivity contribution in [1.29, 1.82) is 0 Å². The topological polar surface area (TPSA) is 114 Å². The van der Waals surface area contributed by atoms with Crippen molar-refractivity contribution in [2.45, 2.75) is 26.8 Å². The Balaban J connectivity index is 1.86. The number of carboxylic acid groups (broad SMARTS) is 1. The second-order valence-electron chi connectivity index (χ2n) is 6.47. The standard InChI is InChI=1S/C21H19NO7S/c1-4-28-20(26)12(3)22-18(23)17(30-21(22)27)10-13-8-9-16(29-13)14-6-5-7-15(11(14)2)19(24)25/h5-10,12H,4H2,1-3H3,(H,24,25)/b17-10-. The lowest BCUT2D eigenvalue weighted by Gasteiger charge is -2.19. The largest absolute Gasteiger partial charge is 0.478 e. The highest BCUT2D eigenvalue weighted by atomic mass is 32.2. The van der Waals surface area contributed by atoms with Crippen molar-refractivity contribution < 1.29 is 33.4 Å². The number of ether oxygens (including phenoxy) is 1. The number of carbonyl (C=O) groups is 4. The van der Waals surface area contributed by atoms with E-state index in [0.29, 0.717) is 34.4 Å². The van der Waals surface area contributed by atoms with E-state index in [1.807, 2.05) is 0 Å². The minimum Gasteiger partial charge on any atom is -0.478 e. The van der Waals surface area contributed by atoms with Gasteiger partial charge in [0.05, 0.1) is 17.1 Å². The minimum absolute atomic E-state index is 0.119. The van der Waals surface area contributed by atoms with E-state index in [1.165, 1.54) is 19.1 Å². The van der Waals surface area contributed by atoms with Crippen LogP contribution in [0.2, 0.25) is 0 Å². The SMILES string of the molecule is CCOC(=O)C(C)N1C(=O)S/C(=C\c2ccc(-c3cccc(C(=O)O)c3C)o2)C1=O. The molecule has 2 heterocycles. The van der Waals surface area contributed by atoms with Gasteiger partial charge in [-0.1, -0.05) is 12.1 Å². The molecule has 1 aromatic heterocycles. The highest BCUT2D eigenvalue weighted by Gasteiger charge is 2.41. The minimum atomic E-state index is -1.04. The summed E-state index contributed by atoms with van der Waals surface area (Å²) in [5, 5.41) is 8.71. The van der Waals surface area contributed by atoms with Gasteiger partial charge in [0.25, 0.3) is 11.1 Å². The van der Waals surface area contributed by atoms with Crippen LogP contribution in [0, 0.1) is 6.92 Å². The molecule has 1 fully saturated rings. The van der Waals surface area contributed by atoms with Crippen molar-refractivity contribution >= 4 is 40.9 Å². The molecule has 2 amide bonds. The van der Waals surface area contributed by atoms with Crippen molar-refractivity contribution in [3.8, 4) is 11.3 Å². The number of hydrogen-bond donors (Lipinski definition) is 1. The zero-order valence-electron chi connectivity index (χ0n) is 16.5. The van der Waals surface area contributed by atoms with Gasteiger partial charge in [-0.3, -0.25) is 14.5 Å². The maximum atomic E-state index is 12.6. The second kappa shape index (κ2) is 8.58. The number of amides is 2. The summed E-state index contributed by atoms with van der Waals surface area (Å²) in [5.74, 6) is -1.55. The number of carbonyl (C=O) groups excluding carboxylic acids is 3. The Bertz CT molecular complexity index is 1070. The highest BCUT2D eigenvalue weighted by Crippen LogP contribution is 2.35. The molecule has 3 rings (SSSR count). The molecule has 0 aliphatic carbocycles. The number of thioether (sulfide) groups is 1. The van der Waals surface area contributed by atoms with Gasteiger partial charge in [0.2, 0.25) is 0 Å². The molecular weight excluding hydrogens is 410 g/mol. The predicted molar refractivity (Wildman–Crippen MR) is 110 cm³/mol. The average Bonchev–Trinajstić information content (AvgIpc) is 3.26. The van der Waals surface area contributed by atoms with Crippen molar-refractivity contribution in [1.82, 2.24) is 4.90 Å². The predicted octanol–water partition coefficient (Wildman–Crippen LogP) is 3.94. The lowest BCUT2D eigenvalue weighted by molar-refractivity contribution is -0.150. The number of hydrogen-bond acceptors (Lipinski definition) is 7. The van der Waals surface area contributed by atoms with Gasteiger partial charge < -0.3 is 14.3 Å². The van der Waals surface area contributed by atoms with Gasteiger partial charge in [-0.2, -0.15) is 0 Å². The van der Waals surface area contributed by atoms with Gasteiger partial charge in [0.15, 0.2) is 0 Å². The number of imide groups is 1. The molecule has 156 valence electrons. The Hall–Kier alpha value is -3.33. The van der Waals surface area contributed by atoms with Crippen LogP contribution in [-0.4, -0.2) is 45.7 Å². The number of furan rings is 1. The third kappa shape index (κ3) is 4.02. The molecule has 0 bridgehead atoms. The first-order valence-corrected chi connectivity index (χ1v) is 9.93. The lowest BCUT2D eigenvalue weighted by Crippen LogP contribution is -2.42. The Labute approximate surface area is 176 Å². The quantitative estimate of drug-likeness (QED) is 0.542. The van der Waals surface area contributed by atoms with Crippen LogP contribution < -0.4 is 0 Å². The Morgan fingerprint density at radius 3 is 2.67 bits per heavy atom. The van der Waals surface area contributed by atoms with Gasteiger partial charge >= 0.3 is 11.9 Å². The number of carboxylic acids is 1. The van der Waals surface area contributed by atoms with Gasteiger partial charge in [-0.15, -0.1) is 0 Å². The first kappa shape index (κ1) is 21.4. The summed E-state index contributed by atoms with van der Waals surface area (Å²) < 4.78 is 10.6. The molecule has 2 aromatic rings. The fraction of sp³-hybridized carbons (Fsp3) is 0.238. The molecule has 1 N–H and O–H groups in total. The number of aromatic carboxylic acids is 1. The summed E-state index contributed by atoms with van der Waals surface area (Å²) in [5.41, 5.74) is 1.33. The first-order valence-electron chi connectivity index (χ1n) is 9.11. The summed E-state index contributed by atoms with van der Waals surface area (Å²) in [6.07, 6.45) is 1.42. The number of benzene rings is 1. The lowest BCUT2D eigenvalue weighted by atomic mass is 10.0. The van der Waals surface area contributed by atoms with Crippen molar-refractivity contribution in [2.24, 2.45) is 0 Å². The molecule has 0 radical (unpaired) electrons. The zero-order valence-corrected chi connectivity index (χ0v) is 17.3. The van der Waals surface area contributed by atoms with Crippen LogP contribution in [0.1, 0.15) is 35.5 Å². The molecular formula is C21H19NO7S. The van der Waals surface area contributed by atoms with E-state index in [2.05, 4.69) is 0 Å². The fourth-order valence-corrected chi connectivity index (χ4v) is 3.91. The van der Waals surface area contributed by atoms with Crippen molar-refractivity contribution in [2.75, 3.05) is 6.61 Å².